The molecular weight excluding hydrogens is 309 g/mol. The van der Waals surface area contributed by atoms with Crippen LogP contribution < -0.4 is 11.2 Å². The maximum atomic E-state index is 11.4. The van der Waals surface area contributed by atoms with E-state index in [2.05, 4.69) is 5.43 Å². The molecule has 0 spiro atoms. The Bertz CT molecular complexity index is 537. The van der Waals surface area contributed by atoms with Crippen LogP contribution in [0.3, 0.4) is 0 Å². The van der Waals surface area contributed by atoms with Crippen LogP contribution >= 0.6 is 35.4 Å². The Balaban J connectivity index is 2.79. The maximum Gasteiger partial charge on any atom is 0.247 e. The van der Waals surface area contributed by atoms with Gasteiger partial charge in [-0.05, 0) is 18.2 Å². The SMILES string of the molecule is CN(NC(=O)CC(N)=O)C(=S)c1cc(Cl)ccc1Cl. The normalized spacial score (nSPS) is 9.84. The topological polar surface area (TPSA) is 75.4 Å². The molecule has 0 aliphatic carbocycles. The van der Waals surface area contributed by atoms with Crippen LogP contribution in [0.4, 0.5) is 0 Å². The van der Waals surface area contributed by atoms with Gasteiger partial charge < -0.3 is 5.73 Å². The van der Waals surface area contributed by atoms with Gasteiger partial charge in [-0.1, -0.05) is 35.4 Å². The van der Waals surface area contributed by atoms with Crippen molar-refractivity contribution in [2.45, 2.75) is 6.42 Å². The molecule has 0 saturated carbocycles. The van der Waals surface area contributed by atoms with Crippen molar-refractivity contribution < 1.29 is 9.59 Å². The van der Waals surface area contributed by atoms with E-state index in [1.165, 1.54) is 12.1 Å². The molecule has 0 saturated heterocycles. The summed E-state index contributed by atoms with van der Waals surface area (Å²) in [4.78, 5) is 22.2. The van der Waals surface area contributed by atoms with E-state index in [4.69, 9.17) is 41.2 Å². The van der Waals surface area contributed by atoms with Crippen molar-refractivity contribution in [3.05, 3.63) is 33.8 Å². The number of carbonyl (C=O) groups is 2. The number of halogens is 2. The summed E-state index contributed by atoms with van der Waals surface area (Å²) in [5, 5.41) is 2.15. The van der Waals surface area contributed by atoms with Gasteiger partial charge in [-0.3, -0.25) is 20.0 Å². The summed E-state index contributed by atoms with van der Waals surface area (Å²) >= 11 is 17.0. The van der Waals surface area contributed by atoms with Crippen molar-refractivity contribution in [2.75, 3.05) is 7.05 Å². The summed E-state index contributed by atoms with van der Waals surface area (Å²) in [6.45, 7) is 0. The predicted octanol–water partition coefficient (Wildman–Crippen LogP) is 1.51. The van der Waals surface area contributed by atoms with Crippen LogP contribution in [0.15, 0.2) is 18.2 Å². The second kappa shape index (κ2) is 6.70. The Kier molecular flexibility index (Phi) is 5.53. The summed E-state index contributed by atoms with van der Waals surface area (Å²) in [7, 11) is 1.53. The minimum Gasteiger partial charge on any atom is -0.369 e. The summed E-state index contributed by atoms with van der Waals surface area (Å²) in [5.41, 5.74) is 7.82. The molecule has 0 aromatic heterocycles. The second-order valence-corrected chi connectivity index (χ2v) is 4.90. The van der Waals surface area contributed by atoms with Crippen LogP contribution in [0.25, 0.3) is 0 Å². The Hall–Kier alpha value is -1.37. The average molecular weight is 320 g/mol. The van der Waals surface area contributed by atoms with Crippen molar-refractivity contribution in [3.8, 4) is 0 Å². The van der Waals surface area contributed by atoms with Gasteiger partial charge >= 0.3 is 0 Å². The molecule has 19 heavy (non-hydrogen) atoms. The molecule has 1 aromatic rings. The Labute approximate surface area is 125 Å². The number of primary amides is 1. The number of hydrogen-bond donors (Lipinski definition) is 2. The molecule has 0 radical (unpaired) electrons. The van der Waals surface area contributed by atoms with E-state index >= 15 is 0 Å². The van der Waals surface area contributed by atoms with Crippen LogP contribution in [-0.4, -0.2) is 28.9 Å². The zero-order valence-electron chi connectivity index (χ0n) is 9.94. The standard InChI is InChI=1S/C11H11Cl2N3O2S/c1-16(15-10(18)5-9(14)17)11(19)7-4-6(12)2-3-8(7)13/h2-4H,5H2,1H3,(H2,14,17)(H,15,18). The third kappa shape index (κ3) is 4.66. The molecule has 1 aromatic carbocycles. The molecule has 8 heteroatoms. The Morgan fingerprint density at radius 1 is 1.42 bits per heavy atom. The molecule has 0 fully saturated rings. The zero-order chi connectivity index (χ0) is 14.6. The average Bonchev–Trinajstić information content (AvgIpc) is 2.30. The van der Waals surface area contributed by atoms with Crippen LogP contribution in [0.2, 0.25) is 10.0 Å². The first kappa shape index (κ1) is 15.7. The maximum absolute atomic E-state index is 11.4. The van der Waals surface area contributed by atoms with E-state index in [-0.39, 0.29) is 4.99 Å². The van der Waals surface area contributed by atoms with Crippen molar-refractivity contribution in [1.29, 1.82) is 0 Å². The highest BCUT2D eigenvalue weighted by Gasteiger charge is 2.14. The first-order valence-corrected chi connectivity index (χ1v) is 6.28. The number of nitrogens with one attached hydrogen (secondary N) is 1. The number of carbonyl (C=O) groups excluding carboxylic acids is 2. The van der Waals surface area contributed by atoms with E-state index in [0.29, 0.717) is 15.6 Å². The highest BCUT2D eigenvalue weighted by Crippen LogP contribution is 2.22. The van der Waals surface area contributed by atoms with Gasteiger partial charge in [0.25, 0.3) is 0 Å². The lowest BCUT2D eigenvalue weighted by Gasteiger charge is -2.21. The van der Waals surface area contributed by atoms with Crippen molar-refractivity contribution >= 4 is 52.2 Å². The van der Waals surface area contributed by atoms with E-state index in [0.717, 1.165) is 0 Å². The van der Waals surface area contributed by atoms with Crippen LogP contribution in [-0.2, 0) is 9.59 Å². The number of thiocarbonyl (C=S) groups is 1. The van der Waals surface area contributed by atoms with Gasteiger partial charge in [-0.2, -0.15) is 0 Å². The summed E-state index contributed by atoms with van der Waals surface area (Å²) in [6, 6.07) is 4.81. The van der Waals surface area contributed by atoms with Gasteiger partial charge in [0.2, 0.25) is 11.8 Å². The first-order chi connectivity index (χ1) is 8.81. The van der Waals surface area contributed by atoms with Crippen molar-refractivity contribution in [2.24, 2.45) is 5.73 Å². The van der Waals surface area contributed by atoms with E-state index in [9.17, 15) is 9.59 Å². The molecular formula is C11H11Cl2N3O2S. The summed E-state index contributed by atoms with van der Waals surface area (Å²) < 4.78 is 0. The van der Waals surface area contributed by atoms with E-state index in [1.54, 1.807) is 18.2 Å². The molecule has 102 valence electrons. The smallest absolute Gasteiger partial charge is 0.247 e. The number of nitrogens with two attached hydrogens (primary N) is 1. The lowest BCUT2D eigenvalue weighted by Crippen LogP contribution is -2.44. The lowest BCUT2D eigenvalue weighted by molar-refractivity contribution is -0.129. The fourth-order valence-corrected chi connectivity index (χ4v) is 1.93. The van der Waals surface area contributed by atoms with Gasteiger partial charge in [-0.15, -0.1) is 0 Å². The second-order valence-electron chi connectivity index (χ2n) is 3.67. The van der Waals surface area contributed by atoms with Gasteiger partial charge in [0.15, 0.2) is 0 Å². The number of rotatable bonds is 3. The van der Waals surface area contributed by atoms with E-state index in [1.807, 2.05) is 0 Å². The first-order valence-electron chi connectivity index (χ1n) is 5.12. The zero-order valence-corrected chi connectivity index (χ0v) is 12.3. The summed E-state index contributed by atoms with van der Waals surface area (Å²) in [6.07, 6.45) is -0.420. The third-order valence-corrected chi connectivity index (χ3v) is 3.15. The van der Waals surface area contributed by atoms with Crippen molar-refractivity contribution in [1.82, 2.24) is 10.4 Å². The Morgan fingerprint density at radius 3 is 2.63 bits per heavy atom. The van der Waals surface area contributed by atoms with Gasteiger partial charge in [0.05, 0.1) is 5.02 Å². The largest absolute Gasteiger partial charge is 0.369 e. The molecule has 0 heterocycles. The third-order valence-electron chi connectivity index (χ3n) is 2.09. The molecule has 3 N–H and O–H groups in total. The number of nitrogens with zero attached hydrogens (tertiary/aromatic N) is 1. The quantitative estimate of drug-likeness (QED) is 0.503. The van der Waals surface area contributed by atoms with Crippen LogP contribution in [0.1, 0.15) is 12.0 Å². The van der Waals surface area contributed by atoms with Crippen molar-refractivity contribution in [3.63, 3.8) is 0 Å². The van der Waals surface area contributed by atoms with E-state index < -0.39 is 18.2 Å². The molecule has 0 aliphatic rings. The lowest BCUT2D eigenvalue weighted by atomic mass is 10.2. The van der Waals surface area contributed by atoms with Crippen LogP contribution in [0, 0.1) is 0 Å². The van der Waals surface area contributed by atoms with Gasteiger partial charge in [0, 0.05) is 17.6 Å². The Morgan fingerprint density at radius 2 is 2.05 bits per heavy atom. The molecule has 1 rings (SSSR count). The molecule has 0 bridgehead atoms. The molecule has 5 nitrogen and oxygen atoms in total. The molecule has 0 aliphatic heterocycles. The molecule has 2 amide bonds. The minimum atomic E-state index is -0.724. The fraction of sp³-hybridized carbons (Fsp3) is 0.182. The molecule has 0 atom stereocenters. The number of benzene rings is 1. The highest BCUT2D eigenvalue weighted by atomic mass is 35.5. The van der Waals surface area contributed by atoms with Crippen LogP contribution in [0.5, 0.6) is 0 Å². The number of hydrogen-bond acceptors (Lipinski definition) is 3. The number of amides is 2. The molecule has 0 unspecified atom stereocenters. The monoisotopic (exact) mass is 319 g/mol. The highest BCUT2D eigenvalue weighted by molar-refractivity contribution is 7.80. The summed E-state index contributed by atoms with van der Waals surface area (Å²) in [5.74, 6) is -1.28. The number of hydrazine groups is 1. The van der Waals surface area contributed by atoms with Gasteiger partial charge in [0.1, 0.15) is 11.4 Å². The minimum absolute atomic E-state index is 0.269. The fourth-order valence-electron chi connectivity index (χ4n) is 1.28. The van der Waals surface area contributed by atoms with Gasteiger partial charge in [-0.25, -0.2) is 0 Å². The predicted molar refractivity (Wildman–Crippen MR) is 77.9 cm³/mol.